The molecule has 2 aromatic rings. The summed E-state index contributed by atoms with van der Waals surface area (Å²) in [7, 11) is 0. The molecule has 0 aromatic heterocycles. The van der Waals surface area contributed by atoms with Crippen LogP contribution in [-0.4, -0.2) is 43.6 Å². The summed E-state index contributed by atoms with van der Waals surface area (Å²) < 4.78 is 6.73. The standard InChI is InChI=1S/C19H19NO2SSe/c1-14(24-17-10-6-3-7-11-17)18(21)20-16(13-22-19(20)23)12-15-8-4-2-5-9-15/h2-11,14,16H,12-13H2,1H3/t14-,16-/m0/s1. The van der Waals surface area contributed by atoms with Gasteiger partial charge in [0.05, 0.1) is 0 Å². The van der Waals surface area contributed by atoms with E-state index < -0.39 is 0 Å². The maximum atomic E-state index is 12.9. The van der Waals surface area contributed by atoms with Gasteiger partial charge < -0.3 is 0 Å². The third kappa shape index (κ3) is 4.04. The quantitative estimate of drug-likeness (QED) is 0.567. The third-order valence-corrected chi connectivity index (χ3v) is 6.54. The summed E-state index contributed by atoms with van der Waals surface area (Å²) in [5.41, 5.74) is 1.19. The number of hydrogen-bond donors (Lipinski definition) is 0. The first-order chi connectivity index (χ1) is 11.6. The number of thiocarbonyl (C=S) groups is 1. The van der Waals surface area contributed by atoms with Crippen molar-refractivity contribution in [2.45, 2.75) is 24.2 Å². The predicted octanol–water partition coefficient (Wildman–Crippen LogP) is 2.58. The zero-order valence-corrected chi connectivity index (χ0v) is 16.0. The predicted molar refractivity (Wildman–Crippen MR) is 101 cm³/mol. The second-order valence-corrected chi connectivity index (χ2v) is 9.02. The van der Waals surface area contributed by atoms with Crippen molar-refractivity contribution in [1.29, 1.82) is 0 Å². The summed E-state index contributed by atoms with van der Waals surface area (Å²) in [5, 5.41) is 0.316. The zero-order chi connectivity index (χ0) is 16.9. The number of hydrogen-bond acceptors (Lipinski definition) is 3. The fraction of sp³-hybridized carbons (Fsp3) is 0.263. The van der Waals surface area contributed by atoms with Crippen LogP contribution in [0, 0.1) is 0 Å². The van der Waals surface area contributed by atoms with E-state index in [1.807, 2.05) is 43.3 Å². The van der Waals surface area contributed by atoms with E-state index in [4.69, 9.17) is 17.0 Å². The first-order valence-corrected chi connectivity index (χ1v) is 10.2. The molecule has 0 aliphatic carbocycles. The molecule has 2 atom stereocenters. The van der Waals surface area contributed by atoms with Gasteiger partial charge in [0.1, 0.15) is 0 Å². The first-order valence-electron chi connectivity index (χ1n) is 7.90. The van der Waals surface area contributed by atoms with E-state index in [9.17, 15) is 4.79 Å². The zero-order valence-electron chi connectivity index (χ0n) is 13.4. The Labute approximate surface area is 154 Å². The van der Waals surface area contributed by atoms with Gasteiger partial charge in [-0.05, 0) is 0 Å². The van der Waals surface area contributed by atoms with Gasteiger partial charge in [-0.15, -0.1) is 0 Å². The van der Waals surface area contributed by atoms with Crippen molar-refractivity contribution in [3.05, 3.63) is 66.2 Å². The van der Waals surface area contributed by atoms with Crippen molar-refractivity contribution >= 4 is 42.7 Å². The Hall–Kier alpha value is -1.68. The van der Waals surface area contributed by atoms with Gasteiger partial charge in [0.25, 0.3) is 0 Å². The van der Waals surface area contributed by atoms with E-state index in [0.717, 1.165) is 6.42 Å². The van der Waals surface area contributed by atoms with Crippen LogP contribution in [0.5, 0.6) is 0 Å². The van der Waals surface area contributed by atoms with Gasteiger partial charge in [-0.3, -0.25) is 0 Å². The summed E-state index contributed by atoms with van der Waals surface area (Å²) in [6.45, 7) is 2.46. The van der Waals surface area contributed by atoms with Crippen LogP contribution in [-0.2, 0) is 16.0 Å². The van der Waals surface area contributed by atoms with E-state index in [-0.39, 0.29) is 31.7 Å². The second-order valence-electron chi connectivity index (χ2n) is 5.70. The molecule has 5 heteroatoms. The molecule has 1 fully saturated rings. The monoisotopic (exact) mass is 405 g/mol. The van der Waals surface area contributed by atoms with Crippen LogP contribution in [0.2, 0.25) is 4.82 Å². The second kappa shape index (κ2) is 7.93. The van der Waals surface area contributed by atoms with Crippen molar-refractivity contribution in [3.8, 4) is 0 Å². The molecule has 24 heavy (non-hydrogen) atoms. The molecular weight excluding hydrogens is 385 g/mol. The molecule has 1 aliphatic heterocycles. The van der Waals surface area contributed by atoms with Gasteiger partial charge in [-0.1, -0.05) is 0 Å². The molecule has 0 saturated carbocycles. The third-order valence-electron chi connectivity index (χ3n) is 3.92. The Balaban J connectivity index is 1.70. The van der Waals surface area contributed by atoms with Gasteiger partial charge >= 0.3 is 154 Å². The Morgan fingerprint density at radius 1 is 1.21 bits per heavy atom. The minimum atomic E-state index is -0.0715. The molecule has 1 heterocycles. The van der Waals surface area contributed by atoms with E-state index >= 15 is 0 Å². The van der Waals surface area contributed by atoms with Crippen LogP contribution in [0.15, 0.2) is 60.7 Å². The first kappa shape index (κ1) is 17.2. The number of carbonyl (C=O) groups excluding carboxylic acids is 1. The van der Waals surface area contributed by atoms with Crippen LogP contribution < -0.4 is 4.46 Å². The van der Waals surface area contributed by atoms with Gasteiger partial charge in [0.2, 0.25) is 0 Å². The van der Waals surface area contributed by atoms with Crippen LogP contribution in [0.1, 0.15) is 12.5 Å². The molecule has 0 N–H and O–H groups in total. The number of benzene rings is 2. The van der Waals surface area contributed by atoms with Gasteiger partial charge in [0, 0.05) is 0 Å². The molecule has 1 aliphatic rings. The van der Waals surface area contributed by atoms with E-state index in [1.165, 1.54) is 10.0 Å². The molecule has 124 valence electrons. The molecule has 1 amide bonds. The van der Waals surface area contributed by atoms with Crippen molar-refractivity contribution < 1.29 is 9.53 Å². The fourth-order valence-electron chi connectivity index (χ4n) is 2.72. The molecule has 0 radical (unpaired) electrons. The number of nitrogens with zero attached hydrogens (tertiary/aromatic N) is 1. The maximum absolute atomic E-state index is 12.9. The Morgan fingerprint density at radius 2 is 1.83 bits per heavy atom. The van der Waals surface area contributed by atoms with Crippen molar-refractivity contribution in [2.75, 3.05) is 6.61 Å². The van der Waals surface area contributed by atoms with E-state index in [0.29, 0.717) is 11.8 Å². The van der Waals surface area contributed by atoms with Crippen molar-refractivity contribution in [1.82, 2.24) is 4.90 Å². The molecule has 1 saturated heterocycles. The molecule has 0 bridgehead atoms. The summed E-state index contributed by atoms with van der Waals surface area (Å²) in [6.07, 6.45) is 0.762. The van der Waals surface area contributed by atoms with Crippen molar-refractivity contribution in [3.63, 3.8) is 0 Å². The van der Waals surface area contributed by atoms with Gasteiger partial charge in [-0.2, -0.15) is 0 Å². The molecule has 0 unspecified atom stereocenters. The fourth-order valence-corrected chi connectivity index (χ4v) is 4.99. The summed E-state index contributed by atoms with van der Waals surface area (Å²) in [6, 6.07) is 20.3. The molecule has 3 nitrogen and oxygen atoms in total. The normalized spacial score (nSPS) is 18.3. The minimum absolute atomic E-state index is 0.0126. The van der Waals surface area contributed by atoms with Crippen LogP contribution in [0.3, 0.4) is 0 Å². The van der Waals surface area contributed by atoms with Gasteiger partial charge in [0.15, 0.2) is 0 Å². The average Bonchev–Trinajstić information content (AvgIpc) is 2.96. The van der Waals surface area contributed by atoms with Crippen molar-refractivity contribution in [2.24, 2.45) is 0 Å². The Morgan fingerprint density at radius 3 is 2.50 bits per heavy atom. The number of ether oxygens (including phenoxy) is 1. The van der Waals surface area contributed by atoms with Crippen LogP contribution in [0.4, 0.5) is 0 Å². The van der Waals surface area contributed by atoms with Crippen LogP contribution in [0.25, 0.3) is 0 Å². The molecule has 2 aromatic carbocycles. The molecule has 3 rings (SSSR count). The van der Waals surface area contributed by atoms with Crippen LogP contribution >= 0.6 is 12.2 Å². The summed E-state index contributed by atoms with van der Waals surface area (Å²) in [5.74, 6) is 0.0716. The summed E-state index contributed by atoms with van der Waals surface area (Å²) >= 11 is 5.36. The van der Waals surface area contributed by atoms with E-state index in [1.54, 1.807) is 4.90 Å². The SMILES string of the molecule is C[C@H]([Se]c1ccccc1)C(=O)N1C(=S)OC[C@@H]1Cc1ccccc1. The summed E-state index contributed by atoms with van der Waals surface area (Å²) in [4.78, 5) is 14.6. The Bertz CT molecular complexity index is 708. The Kier molecular flexibility index (Phi) is 5.67. The molecule has 0 spiro atoms. The molecular formula is C19H19NO2SSe. The average molecular weight is 404 g/mol. The number of carbonyl (C=O) groups is 1. The van der Waals surface area contributed by atoms with E-state index in [2.05, 4.69) is 24.3 Å². The topological polar surface area (TPSA) is 29.5 Å². The van der Waals surface area contributed by atoms with Gasteiger partial charge in [-0.25, -0.2) is 0 Å². The number of amides is 1. The number of rotatable bonds is 5.